The zero-order valence-electron chi connectivity index (χ0n) is 18.5. The van der Waals surface area contributed by atoms with Crippen LogP contribution in [0.2, 0.25) is 12.6 Å². The van der Waals surface area contributed by atoms with Crippen LogP contribution in [0.1, 0.15) is 60.5 Å². The molecule has 2 amide bonds. The van der Waals surface area contributed by atoms with Crippen molar-refractivity contribution in [2.45, 2.75) is 72.9 Å². The number of hydrogen-bond acceptors (Lipinski definition) is 5. The summed E-state index contributed by atoms with van der Waals surface area (Å²) in [7, 11) is 0. The lowest BCUT2D eigenvalue weighted by Crippen LogP contribution is -2.36. The first-order chi connectivity index (χ1) is 14.1. The summed E-state index contributed by atoms with van der Waals surface area (Å²) in [6, 6.07) is 6.47. The molecule has 1 atom stereocenters. The van der Waals surface area contributed by atoms with Gasteiger partial charge in [-0.1, -0.05) is 48.1 Å². The highest BCUT2D eigenvalue weighted by molar-refractivity contribution is 6.67. The van der Waals surface area contributed by atoms with E-state index in [4.69, 9.17) is 5.26 Å². The number of fused-ring (bicyclic) bond motifs is 1. The molecule has 0 spiro atoms. The largest absolute Gasteiger partial charge is 0.384 e. The van der Waals surface area contributed by atoms with Crippen molar-refractivity contribution in [1.82, 2.24) is 5.32 Å². The Morgan fingerprint density at radius 1 is 1.30 bits per heavy atom. The van der Waals surface area contributed by atoms with Crippen molar-refractivity contribution >= 4 is 30.4 Å². The Morgan fingerprint density at radius 3 is 2.50 bits per heavy atom. The highest BCUT2D eigenvalue weighted by Crippen LogP contribution is 2.41. The van der Waals surface area contributed by atoms with E-state index in [0.717, 1.165) is 38.0 Å². The normalized spacial score (nSPS) is 18.7. The Labute approximate surface area is 183 Å². The van der Waals surface area contributed by atoms with Crippen molar-refractivity contribution in [3.63, 3.8) is 0 Å². The Bertz CT molecular complexity index is 712. The van der Waals surface area contributed by atoms with Crippen molar-refractivity contribution < 1.29 is 9.59 Å². The molecule has 6 nitrogen and oxygen atoms in total. The van der Waals surface area contributed by atoms with Gasteiger partial charge in [-0.25, -0.2) is 5.26 Å². The molecule has 1 aromatic carbocycles. The summed E-state index contributed by atoms with van der Waals surface area (Å²) in [4.78, 5) is 24.3. The SMILES string of the molecule is C.CC.CC.CC1(CCC(=O)NC=O)CNc2cc(N3CCB(C#N)CC3)ccc21. The minimum atomic E-state index is -0.235. The van der Waals surface area contributed by atoms with Gasteiger partial charge in [0, 0.05) is 48.8 Å². The highest BCUT2D eigenvalue weighted by Gasteiger charge is 2.35. The third kappa shape index (κ3) is 6.79. The van der Waals surface area contributed by atoms with Crippen LogP contribution in [0, 0.1) is 11.2 Å². The lowest BCUT2D eigenvalue weighted by atomic mass is 9.45. The molecule has 2 aliphatic heterocycles. The third-order valence-corrected chi connectivity index (χ3v) is 5.49. The number of anilines is 2. The van der Waals surface area contributed by atoms with Crippen LogP contribution in [-0.2, 0) is 15.0 Å². The maximum Gasteiger partial charge on any atom is 0.271 e. The van der Waals surface area contributed by atoms with E-state index in [2.05, 4.69) is 46.6 Å². The van der Waals surface area contributed by atoms with Crippen molar-refractivity contribution in [1.29, 1.82) is 5.26 Å². The van der Waals surface area contributed by atoms with Gasteiger partial charge >= 0.3 is 0 Å². The fourth-order valence-electron chi connectivity index (χ4n) is 3.80. The second-order valence-corrected chi connectivity index (χ2v) is 7.22. The van der Waals surface area contributed by atoms with Gasteiger partial charge < -0.3 is 10.2 Å². The molecule has 2 heterocycles. The minimum Gasteiger partial charge on any atom is -0.384 e. The fraction of sp³-hybridized carbons (Fsp3) is 0.609. The summed E-state index contributed by atoms with van der Waals surface area (Å²) in [6.07, 6.45) is 3.31. The van der Waals surface area contributed by atoms with E-state index in [1.54, 1.807) is 0 Å². The average Bonchev–Trinajstić information content (AvgIpc) is 3.12. The van der Waals surface area contributed by atoms with Crippen molar-refractivity contribution in [2.24, 2.45) is 0 Å². The molecule has 1 unspecified atom stereocenters. The van der Waals surface area contributed by atoms with Gasteiger partial charge in [0.1, 0.15) is 0 Å². The quantitative estimate of drug-likeness (QED) is 0.548. The molecule has 2 aliphatic rings. The van der Waals surface area contributed by atoms with Gasteiger partial charge in [-0.15, -0.1) is 0 Å². The minimum absolute atomic E-state index is 0. The van der Waals surface area contributed by atoms with Gasteiger partial charge in [0.15, 0.2) is 0 Å². The van der Waals surface area contributed by atoms with E-state index in [-0.39, 0.29) is 25.5 Å². The number of imide groups is 1. The van der Waals surface area contributed by atoms with E-state index in [9.17, 15) is 9.59 Å². The monoisotopic (exact) mass is 414 g/mol. The first-order valence-electron chi connectivity index (χ1n) is 10.8. The van der Waals surface area contributed by atoms with Crippen LogP contribution in [0.4, 0.5) is 11.4 Å². The van der Waals surface area contributed by atoms with Crippen molar-refractivity contribution in [3.05, 3.63) is 23.8 Å². The lowest BCUT2D eigenvalue weighted by Gasteiger charge is -2.30. The molecule has 0 bridgehead atoms. The van der Waals surface area contributed by atoms with Crippen LogP contribution in [0.3, 0.4) is 0 Å². The van der Waals surface area contributed by atoms with Crippen molar-refractivity contribution in [2.75, 3.05) is 29.9 Å². The number of nitrogens with zero attached hydrogens (tertiary/aromatic N) is 2. The highest BCUT2D eigenvalue weighted by atomic mass is 16.2. The number of hydrogen-bond donors (Lipinski definition) is 2. The number of carbonyl (C=O) groups excluding carboxylic acids is 2. The van der Waals surface area contributed by atoms with Gasteiger partial charge in [-0.3, -0.25) is 14.9 Å². The molecule has 7 heteroatoms. The Balaban J connectivity index is 0.00000159. The molecule has 0 aliphatic carbocycles. The molecular weight excluding hydrogens is 375 g/mol. The molecule has 1 fully saturated rings. The zero-order chi connectivity index (χ0) is 21.9. The Hall–Kier alpha value is -2.49. The third-order valence-electron chi connectivity index (χ3n) is 5.49. The molecular formula is C23H39BN4O2. The molecule has 2 N–H and O–H groups in total. The molecule has 0 saturated carbocycles. The van der Waals surface area contributed by atoms with E-state index >= 15 is 0 Å². The summed E-state index contributed by atoms with van der Waals surface area (Å²) in [5.74, 6) is 2.13. The topological polar surface area (TPSA) is 85.2 Å². The summed E-state index contributed by atoms with van der Waals surface area (Å²) < 4.78 is 0. The first-order valence-corrected chi connectivity index (χ1v) is 10.8. The fourth-order valence-corrected chi connectivity index (χ4v) is 3.80. The second-order valence-electron chi connectivity index (χ2n) is 7.22. The van der Waals surface area contributed by atoms with Crippen LogP contribution < -0.4 is 15.5 Å². The van der Waals surface area contributed by atoms with Crippen molar-refractivity contribution in [3.8, 4) is 5.97 Å². The number of amides is 2. The number of benzene rings is 1. The van der Waals surface area contributed by atoms with E-state index < -0.39 is 0 Å². The smallest absolute Gasteiger partial charge is 0.271 e. The van der Waals surface area contributed by atoms with E-state index in [1.807, 2.05) is 27.7 Å². The molecule has 3 rings (SSSR count). The predicted molar refractivity (Wildman–Crippen MR) is 128 cm³/mol. The number of nitriles is 1. The van der Waals surface area contributed by atoms with E-state index in [0.29, 0.717) is 19.3 Å². The molecule has 1 saturated heterocycles. The van der Waals surface area contributed by atoms with E-state index in [1.165, 1.54) is 11.3 Å². The van der Waals surface area contributed by atoms with Crippen LogP contribution in [0.25, 0.3) is 0 Å². The zero-order valence-corrected chi connectivity index (χ0v) is 18.5. The number of nitrogens with one attached hydrogen (secondary N) is 2. The summed E-state index contributed by atoms with van der Waals surface area (Å²) in [5, 5.41) is 14.7. The molecule has 30 heavy (non-hydrogen) atoms. The van der Waals surface area contributed by atoms with Crippen LogP contribution in [-0.4, -0.2) is 38.7 Å². The van der Waals surface area contributed by atoms with Gasteiger partial charge in [0.2, 0.25) is 12.3 Å². The molecule has 1 aromatic rings. The van der Waals surface area contributed by atoms with Gasteiger partial charge in [0.05, 0.1) is 0 Å². The summed E-state index contributed by atoms with van der Waals surface area (Å²) >= 11 is 0. The van der Waals surface area contributed by atoms with Gasteiger partial charge in [0.25, 0.3) is 6.71 Å². The van der Waals surface area contributed by atoms with Crippen LogP contribution >= 0.6 is 0 Å². The van der Waals surface area contributed by atoms with Crippen LogP contribution in [0.5, 0.6) is 0 Å². The first kappa shape index (κ1) is 27.5. The molecule has 166 valence electrons. The predicted octanol–water partition coefficient (Wildman–Crippen LogP) is 4.49. The maximum atomic E-state index is 11.6. The summed E-state index contributed by atoms with van der Waals surface area (Å²) in [6.45, 7) is 13.0. The van der Waals surface area contributed by atoms with Gasteiger partial charge in [-0.2, -0.15) is 0 Å². The molecule has 0 radical (unpaired) electrons. The Morgan fingerprint density at radius 2 is 1.93 bits per heavy atom. The summed E-state index contributed by atoms with van der Waals surface area (Å²) in [5.41, 5.74) is 3.42. The van der Waals surface area contributed by atoms with Crippen LogP contribution in [0.15, 0.2) is 18.2 Å². The Kier molecular flexibility index (Phi) is 12.6. The second kappa shape index (κ2) is 13.7. The molecule has 0 aromatic heterocycles. The number of rotatable bonds is 5. The standard InChI is InChI=1S/C18H23BN4O2.2C2H6.CH4/c1-18(5-4-17(25)22-13-24)11-21-16-10-14(2-3-15(16)18)23-8-6-19(12-20)7-9-23;2*1-2;/h2-3,10,13,21H,4-9,11H2,1H3,(H,22,24,25);2*1-2H3;1H4. The van der Waals surface area contributed by atoms with Gasteiger partial charge in [-0.05, 0) is 36.8 Å². The lowest BCUT2D eigenvalue weighted by molar-refractivity contribution is -0.125. The number of carbonyl (C=O) groups is 2. The average molecular weight is 414 g/mol. The maximum absolute atomic E-state index is 11.6.